The molecule has 128 valence electrons. The number of hydrogen-bond acceptors (Lipinski definition) is 3. The van der Waals surface area contributed by atoms with Crippen molar-refractivity contribution in [1.82, 2.24) is 4.90 Å². The second kappa shape index (κ2) is 7.63. The molecule has 2 heterocycles. The molecule has 2 nitrogen and oxygen atoms in total. The third kappa shape index (κ3) is 3.75. The van der Waals surface area contributed by atoms with E-state index in [-0.39, 0.29) is 5.91 Å². The SMILES string of the molecule is O=C(Cc1cccc2ccccc12)N1CCS[C@H](c2cccs2)CC1. The number of rotatable bonds is 3. The molecule has 0 N–H and O–H groups in total. The number of carbonyl (C=O) groups is 1. The monoisotopic (exact) mass is 367 g/mol. The minimum Gasteiger partial charge on any atom is -0.342 e. The van der Waals surface area contributed by atoms with Crippen LogP contribution in [0.4, 0.5) is 0 Å². The summed E-state index contributed by atoms with van der Waals surface area (Å²) < 4.78 is 0. The molecule has 0 radical (unpaired) electrons. The van der Waals surface area contributed by atoms with Crippen LogP contribution in [0, 0.1) is 0 Å². The zero-order valence-electron chi connectivity index (χ0n) is 14.1. The predicted molar refractivity (Wildman–Crippen MR) is 108 cm³/mol. The van der Waals surface area contributed by atoms with E-state index in [1.54, 1.807) is 0 Å². The van der Waals surface area contributed by atoms with E-state index < -0.39 is 0 Å². The van der Waals surface area contributed by atoms with Gasteiger partial charge in [-0.2, -0.15) is 11.8 Å². The van der Waals surface area contributed by atoms with E-state index >= 15 is 0 Å². The third-order valence-electron chi connectivity index (χ3n) is 4.78. The molecule has 4 heteroatoms. The van der Waals surface area contributed by atoms with Crippen LogP contribution in [-0.4, -0.2) is 29.6 Å². The lowest BCUT2D eigenvalue weighted by Gasteiger charge is -2.20. The lowest BCUT2D eigenvalue weighted by molar-refractivity contribution is -0.130. The summed E-state index contributed by atoms with van der Waals surface area (Å²) in [5.74, 6) is 1.27. The molecular weight excluding hydrogens is 346 g/mol. The Kier molecular flexibility index (Phi) is 5.09. The van der Waals surface area contributed by atoms with Gasteiger partial charge in [-0.1, -0.05) is 48.5 Å². The Labute approximate surface area is 156 Å². The summed E-state index contributed by atoms with van der Waals surface area (Å²) in [4.78, 5) is 16.4. The van der Waals surface area contributed by atoms with Crippen LogP contribution in [0.2, 0.25) is 0 Å². The fraction of sp³-hybridized carbons (Fsp3) is 0.286. The number of carbonyl (C=O) groups excluding carboxylic acids is 1. The van der Waals surface area contributed by atoms with Crippen molar-refractivity contribution in [3.8, 4) is 0 Å². The van der Waals surface area contributed by atoms with E-state index in [0.717, 1.165) is 30.8 Å². The Morgan fingerprint density at radius 2 is 1.92 bits per heavy atom. The van der Waals surface area contributed by atoms with Crippen LogP contribution in [0.1, 0.15) is 22.1 Å². The Balaban J connectivity index is 1.46. The maximum Gasteiger partial charge on any atom is 0.227 e. The first-order chi connectivity index (χ1) is 12.3. The molecule has 3 aromatic rings. The normalized spacial score (nSPS) is 18.2. The zero-order chi connectivity index (χ0) is 17.1. The quantitative estimate of drug-likeness (QED) is 0.638. The fourth-order valence-electron chi connectivity index (χ4n) is 3.44. The molecule has 0 unspecified atom stereocenters. The van der Waals surface area contributed by atoms with Crippen LogP contribution < -0.4 is 0 Å². The topological polar surface area (TPSA) is 20.3 Å². The van der Waals surface area contributed by atoms with E-state index in [4.69, 9.17) is 0 Å². The largest absolute Gasteiger partial charge is 0.342 e. The van der Waals surface area contributed by atoms with Crippen LogP contribution in [0.3, 0.4) is 0 Å². The minimum absolute atomic E-state index is 0.254. The molecule has 0 saturated carbocycles. The molecule has 2 aromatic carbocycles. The Hall–Kier alpha value is -1.78. The Morgan fingerprint density at radius 3 is 2.80 bits per heavy atom. The second-order valence-electron chi connectivity index (χ2n) is 6.36. The molecule has 25 heavy (non-hydrogen) atoms. The summed E-state index contributed by atoms with van der Waals surface area (Å²) in [5, 5.41) is 5.08. The van der Waals surface area contributed by atoms with Crippen LogP contribution in [0.5, 0.6) is 0 Å². The summed E-state index contributed by atoms with van der Waals surface area (Å²) in [5.41, 5.74) is 1.13. The number of thioether (sulfide) groups is 1. The van der Waals surface area contributed by atoms with E-state index in [9.17, 15) is 4.79 Å². The van der Waals surface area contributed by atoms with Crippen molar-refractivity contribution >= 4 is 39.8 Å². The van der Waals surface area contributed by atoms with Crippen molar-refractivity contribution < 1.29 is 4.79 Å². The lowest BCUT2D eigenvalue weighted by atomic mass is 10.0. The fourth-order valence-corrected chi connectivity index (χ4v) is 5.68. The maximum atomic E-state index is 12.9. The first-order valence-electron chi connectivity index (χ1n) is 8.71. The smallest absolute Gasteiger partial charge is 0.227 e. The van der Waals surface area contributed by atoms with Gasteiger partial charge in [-0.3, -0.25) is 4.79 Å². The molecule has 0 spiro atoms. The van der Waals surface area contributed by atoms with Crippen molar-refractivity contribution in [2.24, 2.45) is 0 Å². The molecule has 4 rings (SSSR count). The molecule has 1 atom stereocenters. The lowest BCUT2D eigenvalue weighted by Crippen LogP contribution is -2.34. The number of benzene rings is 2. The van der Waals surface area contributed by atoms with Crippen LogP contribution in [0.15, 0.2) is 60.0 Å². The summed E-state index contributed by atoms with van der Waals surface area (Å²) in [6.45, 7) is 1.72. The first kappa shape index (κ1) is 16.7. The van der Waals surface area contributed by atoms with Gasteiger partial charge in [0, 0.05) is 29.0 Å². The predicted octanol–water partition coefficient (Wildman–Crippen LogP) is 5.15. The molecule has 1 amide bonds. The van der Waals surface area contributed by atoms with Crippen LogP contribution >= 0.6 is 23.1 Å². The highest BCUT2D eigenvalue weighted by Crippen LogP contribution is 2.36. The molecule has 1 aliphatic rings. The Bertz CT molecular complexity index is 854. The number of nitrogens with zero attached hydrogens (tertiary/aromatic N) is 1. The molecule has 1 fully saturated rings. The minimum atomic E-state index is 0.254. The molecule has 1 aliphatic heterocycles. The van der Waals surface area contributed by atoms with Crippen molar-refractivity contribution in [3.63, 3.8) is 0 Å². The molecule has 1 aromatic heterocycles. The van der Waals surface area contributed by atoms with Crippen molar-refractivity contribution in [2.45, 2.75) is 18.1 Å². The first-order valence-corrected chi connectivity index (χ1v) is 10.6. The van der Waals surface area contributed by atoms with Crippen LogP contribution in [-0.2, 0) is 11.2 Å². The van der Waals surface area contributed by atoms with Gasteiger partial charge >= 0.3 is 0 Å². The highest BCUT2D eigenvalue weighted by molar-refractivity contribution is 7.99. The highest BCUT2D eigenvalue weighted by Gasteiger charge is 2.22. The number of fused-ring (bicyclic) bond motifs is 1. The molecular formula is C21H21NOS2. The van der Waals surface area contributed by atoms with E-state index in [2.05, 4.69) is 52.7 Å². The average molecular weight is 368 g/mol. The second-order valence-corrected chi connectivity index (χ2v) is 8.65. The van der Waals surface area contributed by atoms with Gasteiger partial charge in [-0.05, 0) is 34.2 Å². The van der Waals surface area contributed by atoms with Gasteiger partial charge in [0.05, 0.1) is 6.42 Å². The van der Waals surface area contributed by atoms with Gasteiger partial charge in [-0.15, -0.1) is 11.3 Å². The molecule has 0 bridgehead atoms. The van der Waals surface area contributed by atoms with Gasteiger partial charge in [0.25, 0.3) is 0 Å². The zero-order valence-corrected chi connectivity index (χ0v) is 15.7. The average Bonchev–Trinajstić information content (AvgIpc) is 3.06. The number of amides is 1. The number of thiophene rings is 1. The van der Waals surface area contributed by atoms with Crippen molar-refractivity contribution in [1.29, 1.82) is 0 Å². The summed E-state index contributed by atoms with van der Waals surface area (Å²) in [6.07, 6.45) is 1.54. The van der Waals surface area contributed by atoms with Gasteiger partial charge in [0.1, 0.15) is 0 Å². The number of hydrogen-bond donors (Lipinski definition) is 0. The maximum absolute atomic E-state index is 12.9. The Morgan fingerprint density at radius 1 is 1.04 bits per heavy atom. The van der Waals surface area contributed by atoms with Crippen molar-refractivity contribution in [2.75, 3.05) is 18.8 Å². The molecule has 0 aliphatic carbocycles. The molecule has 1 saturated heterocycles. The summed E-state index contributed by atoms with van der Waals surface area (Å²) in [7, 11) is 0. The van der Waals surface area contributed by atoms with Crippen molar-refractivity contribution in [3.05, 3.63) is 70.4 Å². The van der Waals surface area contributed by atoms with Gasteiger partial charge in [0.2, 0.25) is 5.91 Å². The van der Waals surface area contributed by atoms with E-state index in [0.29, 0.717) is 11.7 Å². The van der Waals surface area contributed by atoms with Gasteiger partial charge < -0.3 is 4.90 Å². The highest BCUT2D eigenvalue weighted by atomic mass is 32.2. The summed E-state index contributed by atoms with van der Waals surface area (Å²) >= 11 is 3.82. The van der Waals surface area contributed by atoms with Gasteiger partial charge in [0.15, 0.2) is 0 Å². The van der Waals surface area contributed by atoms with Gasteiger partial charge in [-0.25, -0.2) is 0 Å². The third-order valence-corrected chi connectivity index (χ3v) is 7.22. The summed E-state index contributed by atoms with van der Waals surface area (Å²) in [6, 6.07) is 18.9. The van der Waals surface area contributed by atoms with E-state index in [1.165, 1.54) is 15.6 Å². The van der Waals surface area contributed by atoms with E-state index in [1.807, 2.05) is 35.2 Å². The standard InChI is InChI=1S/C21H21NOS2/c23-21(15-17-7-3-6-16-5-1-2-8-18(16)17)22-11-10-20(25-14-12-22)19-9-4-13-24-19/h1-9,13,20H,10-12,14-15H2/t20-/m0/s1. The van der Waals surface area contributed by atoms with Crippen LogP contribution in [0.25, 0.3) is 10.8 Å².